The van der Waals surface area contributed by atoms with E-state index in [1.165, 1.54) is 5.56 Å². The predicted molar refractivity (Wildman–Crippen MR) is 59.8 cm³/mol. The SMILES string of the molecule is CCNCc1cccc(C#CCN)c1. The second-order valence-corrected chi connectivity index (χ2v) is 2.99. The Morgan fingerprint density at radius 3 is 3.00 bits per heavy atom. The average molecular weight is 188 g/mol. The molecular formula is C12H16N2. The first-order valence-corrected chi connectivity index (χ1v) is 4.85. The van der Waals surface area contributed by atoms with Crippen LogP contribution in [0.3, 0.4) is 0 Å². The van der Waals surface area contributed by atoms with Crippen LogP contribution in [0, 0.1) is 11.8 Å². The number of nitrogens with two attached hydrogens (primary N) is 1. The fourth-order valence-electron chi connectivity index (χ4n) is 1.18. The van der Waals surface area contributed by atoms with Crippen LogP contribution in [0.5, 0.6) is 0 Å². The van der Waals surface area contributed by atoms with Gasteiger partial charge >= 0.3 is 0 Å². The van der Waals surface area contributed by atoms with Crippen molar-refractivity contribution in [1.29, 1.82) is 0 Å². The molecule has 0 aromatic heterocycles. The molecule has 0 heterocycles. The van der Waals surface area contributed by atoms with Gasteiger partial charge < -0.3 is 11.1 Å². The van der Waals surface area contributed by atoms with E-state index in [0.717, 1.165) is 18.7 Å². The van der Waals surface area contributed by atoms with Crippen LogP contribution in [0.1, 0.15) is 18.1 Å². The highest BCUT2D eigenvalue weighted by Crippen LogP contribution is 2.03. The first-order valence-electron chi connectivity index (χ1n) is 4.85. The van der Waals surface area contributed by atoms with Crippen molar-refractivity contribution < 1.29 is 0 Å². The van der Waals surface area contributed by atoms with Crippen LogP contribution in [0.25, 0.3) is 0 Å². The molecule has 0 saturated heterocycles. The van der Waals surface area contributed by atoms with Crippen LogP contribution in [-0.2, 0) is 6.54 Å². The zero-order valence-corrected chi connectivity index (χ0v) is 8.51. The lowest BCUT2D eigenvalue weighted by Gasteiger charge is -2.01. The van der Waals surface area contributed by atoms with Gasteiger partial charge in [-0.25, -0.2) is 0 Å². The van der Waals surface area contributed by atoms with E-state index in [2.05, 4.69) is 36.2 Å². The molecule has 0 aliphatic heterocycles. The lowest BCUT2D eigenvalue weighted by Crippen LogP contribution is -2.11. The van der Waals surface area contributed by atoms with Crippen LogP contribution in [0.2, 0.25) is 0 Å². The van der Waals surface area contributed by atoms with Gasteiger partial charge in [0.25, 0.3) is 0 Å². The van der Waals surface area contributed by atoms with Gasteiger partial charge in [-0.15, -0.1) is 0 Å². The van der Waals surface area contributed by atoms with Crippen molar-refractivity contribution in [3.63, 3.8) is 0 Å². The lowest BCUT2D eigenvalue weighted by atomic mass is 10.1. The highest BCUT2D eigenvalue weighted by Gasteiger charge is 1.92. The van der Waals surface area contributed by atoms with E-state index in [-0.39, 0.29) is 0 Å². The quantitative estimate of drug-likeness (QED) is 0.697. The van der Waals surface area contributed by atoms with Gasteiger partial charge in [0.2, 0.25) is 0 Å². The summed E-state index contributed by atoms with van der Waals surface area (Å²) in [5.41, 5.74) is 7.60. The van der Waals surface area contributed by atoms with Crippen molar-refractivity contribution in [3.8, 4) is 11.8 Å². The van der Waals surface area contributed by atoms with Crippen molar-refractivity contribution in [3.05, 3.63) is 35.4 Å². The normalized spacial score (nSPS) is 9.29. The van der Waals surface area contributed by atoms with Crippen molar-refractivity contribution in [1.82, 2.24) is 5.32 Å². The third kappa shape index (κ3) is 3.61. The molecule has 2 nitrogen and oxygen atoms in total. The predicted octanol–water partition coefficient (Wildman–Crippen LogP) is 1.11. The molecule has 0 bridgehead atoms. The van der Waals surface area contributed by atoms with Crippen LogP contribution < -0.4 is 11.1 Å². The molecule has 0 atom stereocenters. The topological polar surface area (TPSA) is 38.0 Å². The molecule has 0 radical (unpaired) electrons. The van der Waals surface area contributed by atoms with E-state index in [1.807, 2.05) is 12.1 Å². The Morgan fingerprint density at radius 2 is 2.29 bits per heavy atom. The number of hydrogen-bond donors (Lipinski definition) is 2. The largest absolute Gasteiger partial charge is 0.320 e. The molecular weight excluding hydrogens is 172 g/mol. The van der Waals surface area contributed by atoms with Gasteiger partial charge in [-0.2, -0.15) is 0 Å². The number of rotatable bonds is 3. The summed E-state index contributed by atoms with van der Waals surface area (Å²) in [6, 6.07) is 8.20. The zero-order chi connectivity index (χ0) is 10.2. The van der Waals surface area contributed by atoms with E-state index in [1.54, 1.807) is 0 Å². The third-order valence-electron chi connectivity index (χ3n) is 1.84. The minimum Gasteiger partial charge on any atom is -0.320 e. The summed E-state index contributed by atoms with van der Waals surface area (Å²) in [5.74, 6) is 5.86. The van der Waals surface area contributed by atoms with Crippen molar-refractivity contribution in [2.75, 3.05) is 13.1 Å². The fourth-order valence-corrected chi connectivity index (χ4v) is 1.18. The highest BCUT2D eigenvalue weighted by atomic mass is 14.8. The Balaban J connectivity index is 2.68. The maximum atomic E-state index is 5.31. The molecule has 0 amide bonds. The van der Waals surface area contributed by atoms with Gasteiger partial charge in [-0.3, -0.25) is 0 Å². The molecule has 3 N–H and O–H groups in total. The lowest BCUT2D eigenvalue weighted by molar-refractivity contribution is 0.727. The number of benzene rings is 1. The maximum absolute atomic E-state index is 5.31. The monoisotopic (exact) mass is 188 g/mol. The standard InChI is InChI=1S/C12H16N2/c1-2-14-10-12-6-3-5-11(9-12)7-4-8-13/h3,5-6,9,14H,2,8,10,13H2,1H3. The minimum absolute atomic E-state index is 0.414. The van der Waals surface area contributed by atoms with Gasteiger partial charge in [-0.1, -0.05) is 30.9 Å². The molecule has 0 saturated carbocycles. The summed E-state index contributed by atoms with van der Waals surface area (Å²) >= 11 is 0. The molecule has 1 aromatic carbocycles. The molecule has 0 aliphatic carbocycles. The van der Waals surface area contributed by atoms with Crippen LogP contribution in [0.4, 0.5) is 0 Å². The van der Waals surface area contributed by atoms with E-state index in [0.29, 0.717) is 6.54 Å². The maximum Gasteiger partial charge on any atom is 0.0555 e. The molecule has 0 aliphatic rings. The summed E-state index contributed by atoms with van der Waals surface area (Å²) in [7, 11) is 0. The summed E-state index contributed by atoms with van der Waals surface area (Å²) in [6.45, 7) is 4.39. The second-order valence-electron chi connectivity index (χ2n) is 2.99. The van der Waals surface area contributed by atoms with Gasteiger partial charge in [0, 0.05) is 12.1 Å². The third-order valence-corrected chi connectivity index (χ3v) is 1.84. The molecule has 1 rings (SSSR count). The van der Waals surface area contributed by atoms with Crippen molar-refractivity contribution >= 4 is 0 Å². The Labute approximate surface area is 85.5 Å². The van der Waals surface area contributed by atoms with Crippen LogP contribution >= 0.6 is 0 Å². The first kappa shape index (κ1) is 10.8. The fraction of sp³-hybridized carbons (Fsp3) is 0.333. The first-order chi connectivity index (χ1) is 6.86. The summed E-state index contributed by atoms with van der Waals surface area (Å²) in [4.78, 5) is 0. The van der Waals surface area contributed by atoms with Gasteiger partial charge in [0.1, 0.15) is 0 Å². The van der Waals surface area contributed by atoms with E-state index in [9.17, 15) is 0 Å². The second kappa shape index (κ2) is 6.20. The molecule has 14 heavy (non-hydrogen) atoms. The average Bonchev–Trinajstić information content (AvgIpc) is 2.24. The summed E-state index contributed by atoms with van der Waals surface area (Å²) < 4.78 is 0. The molecule has 0 spiro atoms. The summed E-state index contributed by atoms with van der Waals surface area (Å²) in [5, 5.41) is 3.27. The molecule has 0 unspecified atom stereocenters. The molecule has 0 fully saturated rings. The highest BCUT2D eigenvalue weighted by molar-refractivity contribution is 5.37. The molecule has 2 heteroatoms. The Kier molecular flexibility index (Phi) is 4.77. The minimum atomic E-state index is 0.414. The zero-order valence-electron chi connectivity index (χ0n) is 8.51. The Morgan fingerprint density at radius 1 is 1.43 bits per heavy atom. The number of hydrogen-bond acceptors (Lipinski definition) is 2. The van der Waals surface area contributed by atoms with Gasteiger partial charge in [0.15, 0.2) is 0 Å². The Bertz CT molecular complexity index is 334. The Hall–Kier alpha value is -1.30. The van der Waals surface area contributed by atoms with Crippen LogP contribution in [0.15, 0.2) is 24.3 Å². The van der Waals surface area contributed by atoms with Crippen molar-refractivity contribution in [2.24, 2.45) is 5.73 Å². The van der Waals surface area contributed by atoms with E-state index < -0.39 is 0 Å². The molecule has 1 aromatic rings. The van der Waals surface area contributed by atoms with E-state index >= 15 is 0 Å². The molecule has 74 valence electrons. The van der Waals surface area contributed by atoms with E-state index in [4.69, 9.17) is 5.73 Å². The van der Waals surface area contributed by atoms with Crippen LogP contribution in [-0.4, -0.2) is 13.1 Å². The summed E-state index contributed by atoms with van der Waals surface area (Å²) in [6.07, 6.45) is 0. The smallest absolute Gasteiger partial charge is 0.0555 e. The number of nitrogens with one attached hydrogen (secondary N) is 1. The van der Waals surface area contributed by atoms with Gasteiger partial charge in [0.05, 0.1) is 6.54 Å². The van der Waals surface area contributed by atoms with Gasteiger partial charge in [-0.05, 0) is 24.2 Å². The van der Waals surface area contributed by atoms with Crippen molar-refractivity contribution in [2.45, 2.75) is 13.5 Å².